The van der Waals surface area contributed by atoms with E-state index in [9.17, 15) is 14.7 Å². The monoisotopic (exact) mass is 374 g/mol. The topological polar surface area (TPSA) is 63.6 Å². The molecule has 0 amide bonds. The molecule has 27 heavy (non-hydrogen) atoms. The minimum absolute atomic E-state index is 0.0465. The van der Waals surface area contributed by atoms with Crippen LogP contribution in [-0.2, 0) is 14.3 Å². The van der Waals surface area contributed by atoms with Crippen LogP contribution in [0.25, 0.3) is 0 Å². The van der Waals surface area contributed by atoms with Gasteiger partial charge in [-0.1, -0.05) is 25.5 Å². The van der Waals surface area contributed by atoms with E-state index in [1.165, 1.54) is 18.9 Å². The van der Waals surface area contributed by atoms with Crippen molar-refractivity contribution < 1.29 is 19.4 Å². The van der Waals surface area contributed by atoms with Crippen LogP contribution in [0.5, 0.6) is 0 Å². The fourth-order valence-corrected chi connectivity index (χ4v) is 7.60. The lowest BCUT2D eigenvalue weighted by atomic mass is 9.47. The summed E-state index contributed by atoms with van der Waals surface area (Å²) in [5.74, 6) is 1.86. The van der Waals surface area contributed by atoms with Gasteiger partial charge in [-0.05, 0) is 73.5 Å². The molecule has 1 N–H and O–H groups in total. The standard InChI is InChI=1S/C23H34O4/c1-14(25)27-16-8-10-22(2)15(12-16)4-5-17-18-6-7-20(21(26)13-24)23(18,3)11-9-19(17)22/h4,16-20,24H,5-13H2,1-3H3/t16-,17-,18-,19-,20+,22-,23-/m0/s1. The maximum atomic E-state index is 12.3. The fourth-order valence-electron chi connectivity index (χ4n) is 7.60. The number of fused-ring (bicyclic) bond motifs is 5. The highest BCUT2D eigenvalue weighted by Crippen LogP contribution is 2.66. The molecule has 0 unspecified atom stereocenters. The van der Waals surface area contributed by atoms with Crippen LogP contribution >= 0.6 is 0 Å². The molecule has 3 saturated carbocycles. The SMILES string of the molecule is CC(=O)O[C@H]1CC[C@@]2(C)C(=CC[C@H]3[C@@H]4CC[C@H](C(=O)CO)[C@@]4(C)CC[C@@H]32)C1. The van der Waals surface area contributed by atoms with E-state index < -0.39 is 0 Å². The average molecular weight is 375 g/mol. The summed E-state index contributed by atoms with van der Waals surface area (Å²) < 4.78 is 5.52. The summed E-state index contributed by atoms with van der Waals surface area (Å²) in [6.07, 6.45) is 10.9. The lowest BCUT2D eigenvalue weighted by Crippen LogP contribution is -2.51. The number of allylic oxidation sites excluding steroid dienone is 1. The summed E-state index contributed by atoms with van der Waals surface area (Å²) in [5.41, 5.74) is 1.79. The van der Waals surface area contributed by atoms with Crippen molar-refractivity contribution in [2.24, 2.45) is 34.5 Å². The summed E-state index contributed by atoms with van der Waals surface area (Å²) in [6.45, 7) is 5.96. The van der Waals surface area contributed by atoms with Crippen LogP contribution in [0.15, 0.2) is 11.6 Å². The number of ether oxygens (including phenoxy) is 1. The maximum Gasteiger partial charge on any atom is 0.302 e. The van der Waals surface area contributed by atoms with Crippen molar-refractivity contribution in [3.63, 3.8) is 0 Å². The molecule has 4 rings (SSSR count). The zero-order valence-corrected chi connectivity index (χ0v) is 17.0. The van der Waals surface area contributed by atoms with Gasteiger partial charge in [-0.25, -0.2) is 0 Å². The largest absolute Gasteiger partial charge is 0.462 e. The van der Waals surface area contributed by atoms with E-state index in [1.54, 1.807) is 0 Å². The third kappa shape index (κ3) is 2.90. The Morgan fingerprint density at radius 3 is 2.63 bits per heavy atom. The van der Waals surface area contributed by atoms with E-state index in [0.717, 1.165) is 44.9 Å². The number of carbonyl (C=O) groups excluding carboxylic acids is 2. The minimum Gasteiger partial charge on any atom is -0.462 e. The van der Waals surface area contributed by atoms with E-state index in [0.29, 0.717) is 17.8 Å². The number of hydrogen-bond donors (Lipinski definition) is 1. The summed E-state index contributed by atoms with van der Waals surface area (Å²) in [5, 5.41) is 9.42. The molecule has 7 atom stereocenters. The van der Waals surface area contributed by atoms with E-state index in [2.05, 4.69) is 19.9 Å². The Hall–Kier alpha value is -1.16. The summed E-state index contributed by atoms with van der Waals surface area (Å²) in [7, 11) is 0. The first-order valence-electron chi connectivity index (χ1n) is 10.8. The number of ketones is 1. The molecule has 150 valence electrons. The van der Waals surface area contributed by atoms with E-state index in [4.69, 9.17) is 4.74 Å². The van der Waals surface area contributed by atoms with Crippen molar-refractivity contribution in [1.29, 1.82) is 0 Å². The number of carbonyl (C=O) groups is 2. The first-order chi connectivity index (χ1) is 12.8. The smallest absolute Gasteiger partial charge is 0.302 e. The van der Waals surface area contributed by atoms with Gasteiger partial charge in [0.25, 0.3) is 0 Å². The third-order valence-electron chi connectivity index (χ3n) is 8.94. The molecule has 3 fully saturated rings. The zero-order chi connectivity index (χ0) is 19.4. The average Bonchev–Trinajstić information content (AvgIpc) is 2.98. The highest BCUT2D eigenvalue weighted by Gasteiger charge is 2.59. The highest BCUT2D eigenvalue weighted by molar-refractivity contribution is 5.83. The van der Waals surface area contributed by atoms with Crippen LogP contribution < -0.4 is 0 Å². The number of rotatable bonds is 3. The molecule has 0 heterocycles. The lowest BCUT2D eigenvalue weighted by Gasteiger charge is -2.58. The predicted molar refractivity (Wildman–Crippen MR) is 103 cm³/mol. The maximum absolute atomic E-state index is 12.3. The molecule has 4 heteroatoms. The second kappa shape index (κ2) is 6.72. The molecule has 0 bridgehead atoms. The number of esters is 1. The minimum atomic E-state index is -0.305. The molecule has 0 radical (unpaired) electrons. The van der Waals surface area contributed by atoms with Crippen LogP contribution in [0.4, 0.5) is 0 Å². The van der Waals surface area contributed by atoms with Gasteiger partial charge in [-0.3, -0.25) is 9.59 Å². The van der Waals surface area contributed by atoms with Gasteiger partial charge in [0.2, 0.25) is 0 Å². The van der Waals surface area contributed by atoms with Gasteiger partial charge >= 0.3 is 5.97 Å². The van der Waals surface area contributed by atoms with Crippen molar-refractivity contribution in [2.75, 3.05) is 6.61 Å². The Balaban J connectivity index is 1.57. The van der Waals surface area contributed by atoms with Crippen molar-refractivity contribution in [2.45, 2.75) is 78.2 Å². The Bertz CT molecular complexity index is 667. The third-order valence-corrected chi connectivity index (χ3v) is 8.94. The summed E-state index contributed by atoms with van der Waals surface area (Å²) >= 11 is 0. The van der Waals surface area contributed by atoms with Gasteiger partial charge in [-0.2, -0.15) is 0 Å². The lowest BCUT2D eigenvalue weighted by molar-refractivity contribution is -0.149. The number of Topliss-reactive ketones (excluding diaryl/α,β-unsaturated/α-hetero) is 1. The van der Waals surface area contributed by atoms with Gasteiger partial charge in [-0.15, -0.1) is 0 Å². The van der Waals surface area contributed by atoms with Gasteiger partial charge in [0.1, 0.15) is 12.7 Å². The zero-order valence-electron chi connectivity index (χ0n) is 17.0. The second-order valence-corrected chi connectivity index (χ2v) is 10.0. The second-order valence-electron chi connectivity index (χ2n) is 10.0. The Labute approximate surface area is 162 Å². The van der Waals surface area contributed by atoms with Crippen molar-refractivity contribution in [1.82, 2.24) is 0 Å². The number of aliphatic hydroxyl groups is 1. The summed E-state index contributed by atoms with van der Waals surface area (Å²) in [6, 6.07) is 0. The molecule has 0 aromatic heterocycles. The highest BCUT2D eigenvalue weighted by atomic mass is 16.5. The van der Waals surface area contributed by atoms with Gasteiger partial charge in [0, 0.05) is 19.3 Å². The Kier molecular flexibility index (Phi) is 4.77. The molecular formula is C23H34O4. The first-order valence-corrected chi connectivity index (χ1v) is 10.8. The van der Waals surface area contributed by atoms with Crippen molar-refractivity contribution in [3.05, 3.63) is 11.6 Å². The normalized spacial score (nSPS) is 45.9. The molecule has 4 aliphatic carbocycles. The first kappa shape index (κ1) is 19.2. The van der Waals surface area contributed by atoms with Crippen molar-refractivity contribution >= 4 is 11.8 Å². The molecule has 0 aromatic rings. The molecule has 4 aliphatic rings. The van der Waals surface area contributed by atoms with Crippen LogP contribution in [0, 0.1) is 34.5 Å². The molecule has 4 nitrogen and oxygen atoms in total. The number of aliphatic hydroxyl groups excluding tert-OH is 1. The predicted octanol–water partition coefficient (Wildman–Crippen LogP) is 4.06. The van der Waals surface area contributed by atoms with Gasteiger partial charge in [0.15, 0.2) is 5.78 Å². The summed E-state index contributed by atoms with van der Waals surface area (Å²) in [4.78, 5) is 23.7. The van der Waals surface area contributed by atoms with E-state index in [-0.39, 0.29) is 41.2 Å². The number of hydrogen-bond acceptors (Lipinski definition) is 4. The molecule has 0 aromatic carbocycles. The van der Waals surface area contributed by atoms with Gasteiger partial charge < -0.3 is 9.84 Å². The quantitative estimate of drug-likeness (QED) is 0.598. The van der Waals surface area contributed by atoms with E-state index in [1.807, 2.05) is 0 Å². The van der Waals surface area contributed by atoms with Crippen LogP contribution in [-0.4, -0.2) is 29.6 Å². The van der Waals surface area contributed by atoms with Crippen molar-refractivity contribution in [3.8, 4) is 0 Å². The van der Waals surface area contributed by atoms with Crippen LogP contribution in [0.1, 0.15) is 72.1 Å². The van der Waals surface area contributed by atoms with E-state index >= 15 is 0 Å². The Morgan fingerprint density at radius 1 is 1.15 bits per heavy atom. The molecular weight excluding hydrogens is 340 g/mol. The van der Waals surface area contributed by atoms with Crippen LogP contribution in [0.3, 0.4) is 0 Å². The molecule has 0 saturated heterocycles. The molecule has 0 spiro atoms. The Morgan fingerprint density at radius 2 is 1.93 bits per heavy atom. The fraction of sp³-hybridized carbons (Fsp3) is 0.826. The molecule has 0 aliphatic heterocycles. The van der Waals surface area contributed by atoms with Gasteiger partial charge in [0.05, 0.1) is 0 Å². The van der Waals surface area contributed by atoms with Crippen LogP contribution in [0.2, 0.25) is 0 Å².